The number of pyridine rings is 1. The van der Waals surface area contributed by atoms with Crippen molar-refractivity contribution < 1.29 is 33.6 Å². The van der Waals surface area contributed by atoms with E-state index in [1.807, 2.05) is 45.9 Å². The SMILES string of the molecule is CN[C@@H](C)C(=O)N[C@H](C(=O)N1C[C@@H](NC(=O)c2ccc(C(=O)N[C@H]3C[C@@H](C(=O)NC4CCCc5ccccc54)N(C(=O)C(C)C(C)(C)C)C3)cn2)C[C@H]1C(N)=O)C(C)(C)C. The molecule has 0 spiro atoms. The van der Waals surface area contributed by atoms with Crippen LogP contribution in [0.15, 0.2) is 42.6 Å². The minimum Gasteiger partial charge on any atom is -0.368 e. The number of rotatable bonds is 12. The smallest absolute Gasteiger partial charge is 0.270 e. The normalized spacial score (nSPS) is 23.1. The average Bonchev–Trinajstić information content (AvgIpc) is 3.83. The predicted molar refractivity (Wildman–Crippen MR) is 225 cm³/mol. The van der Waals surface area contributed by atoms with Crippen LogP contribution in [0, 0.1) is 16.7 Å². The first-order valence-electron chi connectivity index (χ1n) is 20.9. The number of carbonyl (C=O) groups is 7. The number of aromatic nitrogens is 1. The number of likely N-dealkylation sites (N-methyl/N-ethyl adjacent to an activating group) is 1. The van der Waals surface area contributed by atoms with Gasteiger partial charge in [-0.3, -0.25) is 38.5 Å². The monoisotopic (exact) mass is 829 g/mol. The van der Waals surface area contributed by atoms with Gasteiger partial charge in [0.05, 0.1) is 17.6 Å². The third kappa shape index (κ3) is 10.5. The summed E-state index contributed by atoms with van der Waals surface area (Å²) in [5.74, 6) is -3.46. The molecule has 7 N–H and O–H groups in total. The molecule has 0 radical (unpaired) electrons. The van der Waals surface area contributed by atoms with Gasteiger partial charge in [0.1, 0.15) is 23.8 Å². The minimum atomic E-state index is -1.02. The zero-order chi connectivity index (χ0) is 44.3. The lowest BCUT2D eigenvalue weighted by molar-refractivity contribution is -0.144. The van der Waals surface area contributed by atoms with Crippen molar-refractivity contribution in [2.24, 2.45) is 22.5 Å². The first kappa shape index (κ1) is 45.7. The second-order valence-corrected chi connectivity index (χ2v) is 18.7. The molecule has 7 amide bonds. The molecule has 2 aromatic rings. The maximum atomic E-state index is 14.0. The van der Waals surface area contributed by atoms with Gasteiger partial charge in [0.15, 0.2) is 0 Å². The van der Waals surface area contributed by atoms with Crippen LogP contribution in [0.25, 0.3) is 0 Å². The van der Waals surface area contributed by atoms with Crippen molar-refractivity contribution in [3.8, 4) is 0 Å². The molecule has 60 heavy (non-hydrogen) atoms. The maximum absolute atomic E-state index is 14.0. The summed E-state index contributed by atoms with van der Waals surface area (Å²) in [6.07, 6.45) is 4.25. The van der Waals surface area contributed by atoms with E-state index in [1.165, 1.54) is 28.8 Å². The van der Waals surface area contributed by atoms with Gasteiger partial charge in [-0.2, -0.15) is 0 Å². The number of hydrogen-bond donors (Lipinski definition) is 6. The van der Waals surface area contributed by atoms with E-state index in [-0.39, 0.29) is 72.3 Å². The quantitative estimate of drug-likeness (QED) is 0.184. The van der Waals surface area contributed by atoms with E-state index in [4.69, 9.17) is 5.73 Å². The van der Waals surface area contributed by atoms with Crippen LogP contribution >= 0.6 is 0 Å². The Morgan fingerprint density at radius 2 is 1.40 bits per heavy atom. The molecule has 1 aromatic carbocycles. The van der Waals surface area contributed by atoms with Gasteiger partial charge in [0, 0.05) is 37.3 Å². The summed E-state index contributed by atoms with van der Waals surface area (Å²) in [5.41, 5.74) is 7.13. The lowest BCUT2D eigenvalue weighted by atomic mass is 9.81. The summed E-state index contributed by atoms with van der Waals surface area (Å²) in [4.78, 5) is 101. The molecule has 3 heterocycles. The van der Waals surface area contributed by atoms with E-state index in [1.54, 1.807) is 39.6 Å². The largest absolute Gasteiger partial charge is 0.368 e. The molecule has 326 valence electrons. The van der Waals surface area contributed by atoms with Gasteiger partial charge >= 0.3 is 0 Å². The van der Waals surface area contributed by atoms with Gasteiger partial charge < -0.3 is 42.1 Å². The summed E-state index contributed by atoms with van der Waals surface area (Å²) >= 11 is 0. The van der Waals surface area contributed by atoms with Gasteiger partial charge in [-0.05, 0) is 80.2 Å². The topological polar surface area (TPSA) is 225 Å². The lowest BCUT2D eigenvalue weighted by Crippen LogP contribution is -2.59. The Balaban J connectivity index is 1.23. The zero-order valence-electron chi connectivity index (χ0n) is 36.4. The number of nitrogens with one attached hydrogen (secondary N) is 5. The molecule has 0 saturated carbocycles. The molecule has 2 unspecified atom stereocenters. The van der Waals surface area contributed by atoms with E-state index >= 15 is 0 Å². The third-order valence-corrected chi connectivity index (χ3v) is 12.3. The van der Waals surface area contributed by atoms with Crippen molar-refractivity contribution >= 4 is 41.4 Å². The second kappa shape index (κ2) is 18.5. The van der Waals surface area contributed by atoms with Crippen LogP contribution in [0.3, 0.4) is 0 Å². The fourth-order valence-electron chi connectivity index (χ4n) is 8.08. The number of carbonyl (C=O) groups excluding carboxylic acids is 7. The predicted octanol–water partition coefficient (Wildman–Crippen LogP) is 1.98. The second-order valence-electron chi connectivity index (χ2n) is 18.7. The number of nitrogens with two attached hydrogens (primary N) is 1. The van der Waals surface area contributed by atoms with Crippen molar-refractivity contribution in [2.45, 2.75) is 130 Å². The highest BCUT2D eigenvalue weighted by atomic mass is 16.2. The molecule has 0 bridgehead atoms. The highest BCUT2D eigenvalue weighted by Crippen LogP contribution is 2.33. The molecule has 1 aliphatic carbocycles. The van der Waals surface area contributed by atoms with E-state index in [2.05, 4.69) is 37.6 Å². The summed E-state index contributed by atoms with van der Waals surface area (Å²) in [5, 5.41) is 14.7. The van der Waals surface area contributed by atoms with Crippen LogP contribution in [0.5, 0.6) is 0 Å². The lowest BCUT2D eigenvalue weighted by Gasteiger charge is -2.35. The summed E-state index contributed by atoms with van der Waals surface area (Å²) in [6, 6.07) is 6.28. The van der Waals surface area contributed by atoms with Crippen LogP contribution in [0.2, 0.25) is 0 Å². The molecule has 2 saturated heterocycles. The van der Waals surface area contributed by atoms with Crippen molar-refractivity contribution in [2.75, 3.05) is 20.1 Å². The van der Waals surface area contributed by atoms with Gasteiger partial charge in [0.2, 0.25) is 29.5 Å². The van der Waals surface area contributed by atoms with Gasteiger partial charge in [0.25, 0.3) is 11.8 Å². The number of primary amides is 1. The Bertz CT molecular complexity index is 1960. The summed E-state index contributed by atoms with van der Waals surface area (Å²) in [6.45, 7) is 15.0. The first-order chi connectivity index (χ1) is 28.1. The Labute approximate surface area is 352 Å². The number of amides is 7. The molecular weight excluding hydrogens is 767 g/mol. The van der Waals surface area contributed by atoms with Crippen LogP contribution in [-0.2, 0) is 30.4 Å². The highest BCUT2D eigenvalue weighted by molar-refractivity contribution is 5.97. The fourth-order valence-corrected chi connectivity index (χ4v) is 8.08. The van der Waals surface area contributed by atoms with E-state index in [0.29, 0.717) is 0 Å². The molecule has 2 aliphatic heterocycles. The van der Waals surface area contributed by atoms with Gasteiger partial charge in [-0.25, -0.2) is 0 Å². The van der Waals surface area contributed by atoms with Crippen molar-refractivity contribution in [1.82, 2.24) is 41.4 Å². The van der Waals surface area contributed by atoms with E-state index < -0.39 is 65.3 Å². The molecule has 2 fully saturated rings. The molecular formula is C44H63N9O7. The minimum absolute atomic E-state index is 0.00247. The Morgan fingerprint density at radius 3 is 1.98 bits per heavy atom. The molecule has 8 atom stereocenters. The average molecular weight is 830 g/mol. The van der Waals surface area contributed by atoms with Crippen LogP contribution in [-0.4, -0.2) is 113 Å². The van der Waals surface area contributed by atoms with Crippen LogP contribution in [0.4, 0.5) is 0 Å². The molecule has 3 aliphatic rings. The zero-order valence-corrected chi connectivity index (χ0v) is 36.4. The number of fused-ring (bicyclic) bond motifs is 1. The Kier molecular flexibility index (Phi) is 14.1. The number of nitrogens with zero attached hydrogens (tertiary/aromatic N) is 3. The highest BCUT2D eigenvalue weighted by Gasteiger charge is 2.46. The first-order valence-corrected chi connectivity index (χ1v) is 20.9. The third-order valence-electron chi connectivity index (χ3n) is 12.3. The Hall–Kier alpha value is -5.38. The van der Waals surface area contributed by atoms with Crippen molar-refractivity contribution in [1.29, 1.82) is 0 Å². The molecule has 1 aromatic heterocycles. The number of benzene rings is 1. The number of aryl methyl sites for hydroxylation is 1. The van der Waals surface area contributed by atoms with E-state index in [9.17, 15) is 33.6 Å². The van der Waals surface area contributed by atoms with Crippen LogP contribution in [0.1, 0.15) is 119 Å². The molecule has 16 nitrogen and oxygen atoms in total. The molecule has 16 heteroatoms. The van der Waals surface area contributed by atoms with Gasteiger partial charge in [-0.15, -0.1) is 0 Å². The van der Waals surface area contributed by atoms with Gasteiger partial charge in [-0.1, -0.05) is 72.7 Å². The van der Waals surface area contributed by atoms with E-state index in [0.717, 1.165) is 24.8 Å². The molecule has 5 rings (SSSR count). The van der Waals surface area contributed by atoms with Crippen LogP contribution < -0.4 is 32.3 Å². The fraction of sp³-hybridized carbons (Fsp3) is 0.591. The standard InChI is InChI=1S/C44H63N9O7/c1-24(43(3,4)5)41(59)53-23-29(20-34(53)40(58)50-31-16-12-14-26-13-10-11-15-30(26)31)48-38(56)27-17-18-32(47-21-27)39(57)49-28-19-33(36(45)54)52(22-28)42(60)35(44(6,7)8)51-37(55)25(2)46-9/h10-11,13,15,17-18,21,24-25,28-29,31,33-35,46H,12,14,16,19-20,22-23H2,1-9H3,(H2,45,54)(H,48,56)(H,49,57)(H,50,58)(H,51,55)/t24?,25-,28-,29-,31?,33-,34-,35+/m0/s1. The Morgan fingerprint density at radius 1 is 0.783 bits per heavy atom. The number of hydrogen-bond acceptors (Lipinski definition) is 9. The number of likely N-dealkylation sites (tertiary alicyclic amines) is 2. The summed E-state index contributed by atoms with van der Waals surface area (Å²) < 4.78 is 0. The van der Waals surface area contributed by atoms with Crippen molar-refractivity contribution in [3.05, 3.63) is 65.0 Å². The maximum Gasteiger partial charge on any atom is 0.270 e. The summed E-state index contributed by atoms with van der Waals surface area (Å²) in [7, 11) is 1.63. The van der Waals surface area contributed by atoms with Crippen molar-refractivity contribution in [3.63, 3.8) is 0 Å².